The zero-order valence-electron chi connectivity index (χ0n) is 16.9. The molecule has 0 bridgehead atoms. The molecule has 0 radical (unpaired) electrons. The van der Waals surface area contributed by atoms with Crippen molar-refractivity contribution in [3.63, 3.8) is 0 Å². The van der Waals surface area contributed by atoms with E-state index >= 15 is 0 Å². The summed E-state index contributed by atoms with van der Waals surface area (Å²) in [4.78, 5) is 33.7. The van der Waals surface area contributed by atoms with Crippen molar-refractivity contribution in [3.8, 4) is 0 Å². The molecule has 1 aromatic heterocycles. The van der Waals surface area contributed by atoms with Crippen LogP contribution in [0.1, 0.15) is 57.4 Å². The first-order valence-electron chi connectivity index (χ1n) is 9.32. The van der Waals surface area contributed by atoms with Crippen LogP contribution in [0.5, 0.6) is 0 Å². The molecule has 0 aliphatic rings. The second kappa shape index (κ2) is 8.50. The minimum absolute atomic E-state index is 0.0592. The Hall–Kier alpha value is -3.11. The van der Waals surface area contributed by atoms with Crippen LogP contribution < -0.4 is 0 Å². The summed E-state index contributed by atoms with van der Waals surface area (Å²) in [5, 5.41) is 2.10. The number of fused-ring (bicyclic) bond motifs is 3. The lowest BCUT2D eigenvalue weighted by Crippen LogP contribution is -1.91. The number of hydrogen-bond acceptors (Lipinski definition) is 4. The second-order valence-corrected chi connectivity index (χ2v) is 8.14. The summed E-state index contributed by atoms with van der Waals surface area (Å²) < 4.78 is 2.28. The van der Waals surface area contributed by atoms with Crippen LogP contribution in [-0.4, -0.2) is 17.3 Å². The van der Waals surface area contributed by atoms with E-state index in [9.17, 15) is 14.4 Å². The summed E-state index contributed by atoms with van der Waals surface area (Å²) in [5.74, 6) is 0.243. The molecule has 4 aromatic rings. The number of rotatable bonds is 3. The molecule has 1 heterocycles. The quantitative estimate of drug-likeness (QED) is 0.360. The highest BCUT2D eigenvalue weighted by Crippen LogP contribution is 2.35. The molecule has 3 aromatic carbocycles. The van der Waals surface area contributed by atoms with Crippen molar-refractivity contribution < 1.29 is 14.4 Å². The minimum Gasteiger partial charge on any atom is -0.295 e. The lowest BCUT2D eigenvalue weighted by atomic mass is 10.0. The molecule has 0 amide bonds. The van der Waals surface area contributed by atoms with E-state index in [1.165, 1.54) is 5.56 Å². The maximum Gasteiger partial charge on any atom is 0.159 e. The van der Waals surface area contributed by atoms with Crippen LogP contribution in [-0.2, 0) is 0 Å². The average molecular weight is 403 g/mol. The van der Waals surface area contributed by atoms with Gasteiger partial charge in [-0.3, -0.25) is 14.4 Å². The smallest absolute Gasteiger partial charge is 0.159 e. The number of thiophene rings is 1. The lowest BCUT2D eigenvalue weighted by molar-refractivity contribution is 0.100. The zero-order valence-corrected chi connectivity index (χ0v) is 17.7. The van der Waals surface area contributed by atoms with Gasteiger partial charge in [-0.1, -0.05) is 29.8 Å². The first-order chi connectivity index (χ1) is 13.8. The Bertz CT molecular complexity index is 1160. The molecule has 0 saturated carbocycles. The van der Waals surface area contributed by atoms with Crippen molar-refractivity contribution in [2.45, 2.75) is 27.7 Å². The second-order valence-electron chi connectivity index (χ2n) is 7.06. The third-order valence-electron chi connectivity index (χ3n) is 4.74. The summed E-state index contributed by atoms with van der Waals surface area (Å²) >= 11 is 1.68. The highest BCUT2D eigenvalue weighted by atomic mass is 32.1. The van der Waals surface area contributed by atoms with Crippen molar-refractivity contribution in [2.24, 2.45) is 0 Å². The molecule has 29 heavy (non-hydrogen) atoms. The predicted molar refractivity (Wildman–Crippen MR) is 121 cm³/mol. The fraction of sp³-hybridized carbons (Fsp3) is 0.160. The number of benzene rings is 3. The highest BCUT2D eigenvalue weighted by molar-refractivity contribution is 7.25. The largest absolute Gasteiger partial charge is 0.295 e. The molecule has 4 heteroatoms. The van der Waals surface area contributed by atoms with Gasteiger partial charge in [0, 0.05) is 36.9 Å². The van der Waals surface area contributed by atoms with Crippen molar-refractivity contribution >= 4 is 48.9 Å². The SMILES string of the molecule is CC(=O)c1ccc(C)cc1.CC(=O)c1ccc2sc3ccc(C(C)=O)cc3c2c1. The summed E-state index contributed by atoms with van der Waals surface area (Å²) in [5.41, 5.74) is 3.39. The molecule has 4 rings (SSSR count). The van der Waals surface area contributed by atoms with E-state index in [0.717, 1.165) is 25.7 Å². The van der Waals surface area contributed by atoms with Gasteiger partial charge in [0.15, 0.2) is 17.3 Å². The van der Waals surface area contributed by atoms with Crippen molar-refractivity contribution in [1.82, 2.24) is 0 Å². The molecule has 3 nitrogen and oxygen atoms in total. The van der Waals surface area contributed by atoms with E-state index in [1.807, 2.05) is 67.6 Å². The zero-order chi connectivity index (χ0) is 21.1. The van der Waals surface area contributed by atoms with Crippen molar-refractivity contribution in [3.05, 3.63) is 82.9 Å². The molecule has 0 atom stereocenters. The van der Waals surface area contributed by atoms with Crippen molar-refractivity contribution in [2.75, 3.05) is 0 Å². The van der Waals surface area contributed by atoms with Gasteiger partial charge in [-0.15, -0.1) is 11.3 Å². The van der Waals surface area contributed by atoms with Gasteiger partial charge in [0.05, 0.1) is 0 Å². The van der Waals surface area contributed by atoms with Crippen LogP contribution in [0.2, 0.25) is 0 Å². The third kappa shape index (κ3) is 4.66. The number of carbonyl (C=O) groups is 3. The molecule has 0 aliphatic heterocycles. The van der Waals surface area contributed by atoms with Gasteiger partial charge in [0.1, 0.15) is 0 Å². The van der Waals surface area contributed by atoms with Crippen LogP contribution in [0.15, 0.2) is 60.7 Å². The Morgan fingerprint density at radius 1 is 0.586 bits per heavy atom. The highest BCUT2D eigenvalue weighted by Gasteiger charge is 2.09. The standard InChI is InChI=1S/C16H12O2S.C9H10O/c1-9(17)11-3-5-15-13(7-11)14-8-12(10(2)18)4-6-16(14)19-15;1-7-3-5-9(6-4-7)8(2)10/h3-8H,1-2H3;3-6H,1-2H3. The fourth-order valence-electron chi connectivity index (χ4n) is 3.00. The molecule has 146 valence electrons. The summed E-state index contributed by atoms with van der Waals surface area (Å²) in [6.07, 6.45) is 0. The van der Waals surface area contributed by atoms with Crippen LogP contribution in [0.25, 0.3) is 20.2 Å². The predicted octanol–water partition coefficient (Wildman–Crippen LogP) is 6.66. The lowest BCUT2D eigenvalue weighted by Gasteiger charge is -1.98. The Morgan fingerprint density at radius 3 is 1.34 bits per heavy atom. The summed E-state index contributed by atoms with van der Waals surface area (Å²) in [6.45, 7) is 6.71. The summed E-state index contributed by atoms with van der Waals surface area (Å²) in [6, 6.07) is 19.1. The van der Waals surface area contributed by atoms with E-state index in [1.54, 1.807) is 32.1 Å². The molecule has 0 N–H and O–H groups in total. The van der Waals surface area contributed by atoms with Gasteiger partial charge in [0.2, 0.25) is 0 Å². The number of aryl methyl sites for hydroxylation is 1. The van der Waals surface area contributed by atoms with Crippen LogP contribution in [0.4, 0.5) is 0 Å². The molecular weight excluding hydrogens is 380 g/mol. The molecule has 0 aliphatic carbocycles. The van der Waals surface area contributed by atoms with E-state index in [-0.39, 0.29) is 17.3 Å². The molecular formula is C25H22O3S. The average Bonchev–Trinajstić information content (AvgIpc) is 3.05. The molecule has 0 unspecified atom stereocenters. The van der Waals surface area contributed by atoms with Gasteiger partial charge in [-0.25, -0.2) is 0 Å². The van der Waals surface area contributed by atoms with E-state index in [0.29, 0.717) is 11.1 Å². The van der Waals surface area contributed by atoms with Crippen LogP contribution >= 0.6 is 11.3 Å². The Morgan fingerprint density at radius 2 is 0.966 bits per heavy atom. The van der Waals surface area contributed by atoms with Gasteiger partial charge >= 0.3 is 0 Å². The number of Topliss-reactive ketones (excluding diaryl/α,β-unsaturated/α-hetero) is 3. The number of carbonyl (C=O) groups excluding carboxylic acids is 3. The Kier molecular flexibility index (Phi) is 6.04. The number of ketones is 3. The summed E-state index contributed by atoms with van der Waals surface area (Å²) in [7, 11) is 0. The Balaban J connectivity index is 0.000000204. The first-order valence-corrected chi connectivity index (χ1v) is 10.1. The molecule has 0 saturated heterocycles. The normalized spacial score (nSPS) is 10.5. The van der Waals surface area contributed by atoms with Gasteiger partial charge in [-0.2, -0.15) is 0 Å². The van der Waals surface area contributed by atoms with Crippen LogP contribution in [0, 0.1) is 6.92 Å². The van der Waals surface area contributed by atoms with E-state index in [2.05, 4.69) is 0 Å². The monoisotopic (exact) mass is 402 g/mol. The van der Waals surface area contributed by atoms with Gasteiger partial charge in [-0.05, 0) is 64.1 Å². The van der Waals surface area contributed by atoms with E-state index in [4.69, 9.17) is 0 Å². The first kappa shape index (κ1) is 20.6. The Labute approximate surface area is 174 Å². The minimum atomic E-state index is 0.0592. The maximum atomic E-state index is 11.5. The third-order valence-corrected chi connectivity index (χ3v) is 5.89. The fourth-order valence-corrected chi connectivity index (χ4v) is 4.07. The topological polar surface area (TPSA) is 51.2 Å². The van der Waals surface area contributed by atoms with Crippen molar-refractivity contribution in [1.29, 1.82) is 0 Å². The number of hydrogen-bond donors (Lipinski definition) is 0. The van der Waals surface area contributed by atoms with Crippen LogP contribution in [0.3, 0.4) is 0 Å². The van der Waals surface area contributed by atoms with Gasteiger partial charge in [0.25, 0.3) is 0 Å². The molecule has 0 fully saturated rings. The molecule has 0 spiro atoms. The van der Waals surface area contributed by atoms with Gasteiger partial charge < -0.3 is 0 Å². The van der Waals surface area contributed by atoms with E-state index < -0.39 is 0 Å². The maximum absolute atomic E-state index is 11.5.